The molecule has 6 heteroatoms. The molecule has 3 atom stereocenters. The Morgan fingerprint density at radius 2 is 2.32 bits per heavy atom. The van der Waals surface area contributed by atoms with Crippen molar-refractivity contribution in [2.45, 2.75) is 43.9 Å². The predicted octanol–water partition coefficient (Wildman–Crippen LogP) is 2.34. The van der Waals surface area contributed by atoms with Crippen LogP contribution in [0, 0.1) is 0 Å². The van der Waals surface area contributed by atoms with Crippen molar-refractivity contribution < 1.29 is 24.1 Å². The molecule has 0 saturated carbocycles. The van der Waals surface area contributed by atoms with Crippen LogP contribution in [0.1, 0.15) is 30.9 Å². The van der Waals surface area contributed by atoms with Gasteiger partial charge in [0.2, 0.25) is 0 Å². The van der Waals surface area contributed by atoms with Gasteiger partial charge < -0.3 is 24.2 Å². The van der Waals surface area contributed by atoms with Crippen LogP contribution in [-0.2, 0) is 21.5 Å². The number of ether oxygens (including phenoxy) is 3. The van der Waals surface area contributed by atoms with Crippen LogP contribution in [-0.4, -0.2) is 54.9 Å². The molecule has 0 radical (unpaired) electrons. The van der Waals surface area contributed by atoms with E-state index in [1.54, 1.807) is 13.2 Å². The van der Waals surface area contributed by atoms with Crippen molar-refractivity contribution in [3.8, 4) is 11.5 Å². The quantitative estimate of drug-likeness (QED) is 0.599. The molecule has 3 aliphatic rings. The topological polar surface area (TPSA) is 68.2 Å². The van der Waals surface area contributed by atoms with E-state index in [0.717, 1.165) is 30.0 Å². The van der Waals surface area contributed by atoms with Crippen molar-refractivity contribution in [3.63, 3.8) is 0 Å². The number of carbonyl (C=O) groups excluding carboxylic acids is 1. The summed E-state index contributed by atoms with van der Waals surface area (Å²) >= 11 is 0. The second-order valence-corrected chi connectivity index (χ2v) is 7.58. The summed E-state index contributed by atoms with van der Waals surface area (Å²) in [6.45, 7) is 4.00. The van der Waals surface area contributed by atoms with Crippen LogP contribution in [0.5, 0.6) is 11.5 Å². The van der Waals surface area contributed by atoms with Crippen molar-refractivity contribution in [3.05, 3.63) is 47.7 Å². The summed E-state index contributed by atoms with van der Waals surface area (Å²) in [6.07, 6.45) is 8.28. The first-order chi connectivity index (χ1) is 13.6. The molecule has 150 valence electrons. The molecular weight excluding hydrogens is 358 g/mol. The van der Waals surface area contributed by atoms with Gasteiger partial charge in [0, 0.05) is 37.9 Å². The summed E-state index contributed by atoms with van der Waals surface area (Å²) in [4.78, 5) is 14.1. The number of aliphatic hydroxyl groups is 1. The van der Waals surface area contributed by atoms with Gasteiger partial charge in [-0.3, -0.25) is 4.79 Å². The Morgan fingerprint density at radius 3 is 3.11 bits per heavy atom. The maximum atomic E-state index is 11.9. The van der Waals surface area contributed by atoms with Crippen molar-refractivity contribution >= 4 is 5.78 Å². The fourth-order valence-electron chi connectivity index (χ4n) is 4.52. The van der Waals surface area contributed by atoms with Crippen molar-refractivity contribution in [2.75, 3.05) is 26.9 Å². The van der Waals surface area contributed by atoms with E-state index in [0.29, 0.717) is 19.6 Å². The molecule has 6 nitrogen and oxygen atoms in total. The third kappa shape index (κ3) is 3.20. The number of rotatable bonds is 6. The minimum Gasteiger partial charge on any atom is -0.493 e. The van der Waals surface area contributed by atoms with Gasteiger partial charge in [-0.15, -0.1) is 0 Å². The van der Waals surface area contributed by atoms with Gasteiger partial charge in [0.1, 0.15) is 12.7 Å². The molecule has 0 saturated heterocycles. The third-order valence-electron chi connectivity index (χ3n) is 5.91. The van der Waals surface area contributed by atoms with E-state index in [1.165, 1.54) is 5.56 Å². The van der Waals surface area contributed by atoms with Gasteiger partial charge >= 0.3 is 0 Å². The Kier molecular flexibility index (Phi) is 5.17. The maximum Gasteiger partial charge on any atom is 0.182 e. The lowest BCUT2D eigenvalue weighted by Crippen LogP contribution is -2.42. The molecule has 0 aromatic heterocycles. The number of nitrogens with zero attached hydrogens (tertiary/aromatic N) is 1. The highest BCUT2D eigenvalue weighted by Gasteiger charge is 2.52. The highest BCUT2D eigenvalue weighted by atomic mass is 16.5. The Hall–Kier alpha value is -2.31. The van der Waals surface area contributed by atoms with Crippen LogP contribution in [0.3, 0.4) is 0 Å². The van der Waals surface area contributed by atoms with Crippen molar-refractivity contribution in [1.29, 1.82) is 0 Å². The molecule has 2 heterocycles. The molecule has 0 fully saturated rings. The van der Waals surface area contributed by atoms with E-state index >= 15 is 0 Å². The number of methoxy groups -OCH3 is 1. The van der Waals surface area contributed by atoms with Crippen molar-refractivity contribution in [2.24, 2.45) is 0 Å². The van der Waals surface area contributed by atoms with Gasteiger partial charge in [-0.25, -0.2) is 0 Å². The van der Waals surface area contributed by atoms with E-state index in [4.69, 9.17) is 14.2 Å². The second-order valence-electron chi connectivity index (χ2n) is 7.58. The largest absolute Gasteiger partial charge is 0.493 e. The van der Waals surface area contributed by atoms with Gasteiger partial charge in [0.15, 0.2) is 17.3 Å². The van der Waals surface area contributed by atoms with Gasteiger partial charge in [-0.05, 0) is 31.1 Å². The molecule has 1 aliphatic carbocycles. The molecule has 4 rings (SSSR count). The van der Waals surface area contributed by atoms with Crippen molar-refractivity contribution in [1.82, 2.24) is 4.90 Å². The molecule has 3 unspecified atom stereocenters. The van der Waals surface area contributed by atoms with E-state index in [1.807, 2.05) is 25.3 Å². The first kappa shape index (κ1) is 19.0. The van der Waals surface area contributed by atoms with E-state index < -0.39 is 6.10 Å². The SMILES string of the molecule is CCOCC(=O)/C=C/N1CCC23C=CC(O)CC2Oc2c(OC)ccc(c23)C1. The summed E-state index contributed by atoms with van der Waals surface area (Å²) < 4.78 is 17.0. The van der Waals surface area contributed by atoms with Gasteiger partial charge in [-0.1, -0.05) is 18.2 Å². The van der Waals surface area contributed by atoms with Crippen LogP contribution in [0.2, 0.25) is 0 Å². The fourth-order valence-corrected chi connectivity index (χ4v) is 4.52. The van der Waals surface area contributed by atoms with Gasteiger partial charge in [0.25, 0.3) is 0 Å². The summed E-state index contributed by atoms with van der Waals surface area (Å²) in [6, 6.07) is 4.02. The average Bonchev–Trinajstić information content (AvgIpc) is 2.93. The van der Waals surface area contributed by atoms with Gasteiger partial charge in [0.05, 0.1) is 18.6 Å². The van der Waals surface area contributed by atoms with Crippen LogP contribution < -0.4 is 9.47 Å². The average molecular weight is 385 g/mol. The van der Waals surface area contributed by atoms with E-state index in [2.05, 4.69) is 17.0 Å². The number of hydrogen-bond acceptors (Lipinski definition) is 6. The second kappa shape index (κ2) is 7.60. The molecule has 1 aromatic carbocycles. The highest BCUT2D eigenvalue weighted by molar-refractivity contribution is 5.90. The molecule has 1 aromatic rings. The Balaban J connectivity index is 1.67. The molecular formula is C22H27NO5. The van der Waals surface area contributed by atoms with Crippen LogP contribution in [0.15, 0.2) is 36.6 Å². The molecule has 1 N–H and O–H groups in total. The minimum absolute atomic E-state index is 0.0366. The Bertz CT molecular complexity index is 817. The first-order valence-corrected chi connectivity index (χ1v) is 9.84. The fraction of sp³-hybridized carbons (Fsp3) is 0.500. The lowest BCUT2D eigenvalue weighted by atomic mass is 9.69. The summed E-state index contributed by atoms with van der Waals surface area (Å²) in [5, 5.41) is 10.1. The predicted molar refractivity (Wildman–Crippen MR) is 105 cm³/mol. The number of benzene rings is 1. The number of ketones is 1. The molecule has 2 aliphatic heterocycles. The smallest absolute Gasteiger partial charge is 0.182 e. The normalized spacial score (nSPS) is 27.9. The maximum absolute atomic E-state index is 11.9. The zero-order chi connectivity index (χ0) is 19.7. The molecule has 1 spiro atoms. The minimum atomic E-state index is -0.491. The Morgan fingerprint density at radius 1 is 1.46 bits per heavy atom. The zero-order valence-electron chi connectivity index (χ0n) is 16.4. The third-order valence-corrected chi connectivity index (χ3v) is 5.91. The summed E-state index contributed by atoms with van der Waals surface area (Å²) in [5.41, 5.74) is 2.06. The molecule has 0 bridgehead atoms. The Labute approximate surface area is 165 Å². The molecule has 28 heavy (non-hydrogen) atoms. The van der Waals surface area contributed by atoms with Gasteiger partial charge in [-0.2, -0.15) is 0 Å². The standard InChI is InChI=1S/C22H27NO5/c1-3-27-14-17(25)7-10-23-11-9-22-8-6-16(24)12-19(22)28-21-18(26-2)5-4-15(13-23)20(21)22/h4-8,10,16,19,24H,3,9,11-14H2,1-2H3/b10-7+. The monoisotopic (exact) mass is 385 g/mol. The van der Waals surface area contributed by atoms with Crippen LogP contribution in [0.4, 0.5) is 0 Å². The highest BCUT2D eigenvalue weighted by Crippen LogP contribution is 2.55. The zero-order valence-corrected chi connectivity index (χ0v) is 16.4. The number of aliphatic hydroxyl groups excluding tert-OH is 1. The molecule has 0 amide bonds. The summed E-state index contributed by atoms with van der Waals surface area (Å²) in [5.74, 6) is 1.48. The number of hydrogen-bond donors (Lipinski definition) is 1. The lowest BCUT2D eigenvalue weighted by molar-refractivity contribution is -0.118. The number of carbonyl (C=O) groups is 1. The van der Waals surface area contributed by atoms with Crippen LogP contribution >= 0.6 is 0 Å². The van der Waals surface area contributed by atoms with E-state index in [-0.39, 0.29) is 23.9 Å². The first-order valence-electron chi connectivity index (χ1n) is 9.84. The van der Waals surface area contributed by atoms with Crippen LogP contribution in [0.25, 0.3) is 0 Å². The lowest BCUT2D eigenvalue weighted by Gasteiger charge is -2.35. The summed E-state index contributed by atoms with van der Waals surface area (Å²) in [7, 11) is 1.65. The van der Waals surface area contributed by atoms with E-state index in [9.17, 15) is 9.90 Å².